The number of allylic oxidation sites excluding steroid dienone is 1. The van der Waals surface area contributed by atoms with E-state index in [1.165, 1.54) is 0 Å². The summed E-state index contributed by atoms with van der Waals surface area (Å²) >= 11 is 0. The second-order valence-corrected chi connectivity index (χ2v) is 0.408. The van der Waals surface area contributed by atoms with Crippen molar-refractivity contribution in [3.63, 3.8) is 0 Å². The van der Waals surface area contributed by atoms with Crippen molar-refractivity contribution in [1.82, 2.24) is 24.6 Å². The molecule has 0 saturated heterocycles. The summed E-state index contributed by atoms with van der Waals surface area (Å²) < 4.78 is 0. The van der Waals surface area contributed by atoms with Gasteiger partial charge in [-0.1, -0.05) is 6.08 Å². The molecule has 0 aromatic carbocycles. The van der Waals surface area contributed by atoms with Crippen LogP contribution in [-0.4, -0.2) is 0 Å². The van der Waals surface area contributed by atoms with Crippen LogP contribution in [0.3, 0.4) is 0 Å². The number of nitrogens with two attached hydrogens (primary N) is 2. The Labute approximate surface area is 70.0 Å². The van der Waals surface area contributed by atoms with Gasteiger partial charge in [0.1, 0.15) is 0 Å². The average molecular weight is 170 g/mol. The Hall–Kier alpha value is -0.760. The molecule has 0 fully saturated rings. The molecular formula is C5H26N6. The molecule has 0 rings (SSSR count). The minimum Gasteiger partial charge on any atom is -0.344 e. The monoisotopic (exact) mass is 170 g/mol. The molecule has 0 saturated carbocycles. The summed E-state index contributed by atoms with van der Waals surface area (Å²) in [4.78, 5) is 0. The van der Waals surface area contributed by atoms with Gasteiger partial charge in [-0.15, -0.1) is 19.7 Å². The van der Waals surface area contributed by atoms with E-state index in [1.54, 1.807) is 6.08 Å². The van der Waals surface area contributed by atoms with E-state index in [0.717, 1.165) is 0 Å². The summed E-state index contributed by atoms with van der Waals surface area (Å²) in [6.45, 7) is 11.2. The average Bonchev–Trinajstić information content (AvgIpc) is 1.78. The summed E-state index contributed by atoms with van der Waals surface area (Å²) in [5.74, 6) is 8.00. The Morgan fingerprint density at radius 3 is 0.909 bits per heavy atom. The van der Waals surface area contributed by atoms with Gasteiger partial charge in [-0.25, -0.2) is 0 Å². The summed E-state index contributed by atoms with van der Waals surface area (Å²) in [5.41, 5.74) is 0. The van der Waals surface area contributed by atoms with Crippen LogP contribution in [0, 0.1) is 0 Å². The molecule has 6 heteroatoms. The third-order valence-corrected chi connectivity index (χ3v) is 0. The van der Waals surface area contributed by atoms with Crippen LogP contribution in [0.15, 0.2) is 25.8 Å². The van der Waals surface area contributed by atoms with Gasteiger partial charge in [0.25, 0.3) is 0 Å². The smallest absolute Gasteiger partial charge is 0.0473 e. The molecule has 11 heavy (non-hydrogen) atoms. The predicted octanol–water partition coefficient (Wildman–Crippen LogP) is 1.46. The van der Waals surface area contributed by atoms with Crippen LogP contribution in [0.2, 0.25) is 0 Å². The molecule has 0 heterocycles. The van der Waals surface area contributed by atoms with E-state index < -0.39 is 0 Å². The first-order valence-corrected chi connectivity index (χ1v) is 1.82. The van der Waals surface area contributed by atoms with Gasteiger partial charge in [0.2, 0.25) is 0 Å². The lowest BCUT2D eigenvalue weighted by Crippen LogP contribution is -2.02. The minimum atomic E-state index is 0. The highest BCUT2D eigenvalue weighted by molar-refractivity contribution is 4.51. The maximum atomic E-state index is 4.00. The third kappa shape index (κ3) is 839. The maximum Gasteiger partial charge on any atom is -0.0473 e. The zero-order chi connectivity index (χ0) is 6.71. The first-order valence-electron chi connectivity index (χ1n) is 1.82. The maximum absolute atomic E-state index is 4.00. The number of hydrazine groups is 1. The standard InChI is InChI=1S/C3H6.C2H4.H4N2.4H3N/c1-3-2;2*1-2;;;;/h3H,1H2,2H3;2*1-2H2;4*1H3. The predicted molar refractivity (Wildman–Crippen MR) is 55.6 cm³/mol. The molecule has 0 aliphatic heterocycles. The fourth-order valence-corrected chi connectivity index (χ4v) is 0. The van der Waals surface area contributed by atoms with Crippen molar-refractivity contribution in [2.45, 2.75) is 6.92 Å². The molecule has 0 spiro atoms. The first-order chi connectivity index (χ1) is 3.41. The lowest BCUT2D eigenvalue weighted by molar-refractivity contribution is 1.26. The molecule has 0 aliphatic rings. The van der Waals surface area contributed by atoms with E-state index in [1.807, 2.05) is 6.92 Å². The molecule has 0 atom stereocenters. The highest BCUT2D eigenvalue weighted by Gasteiger charge is 1.15. The topological polar surface area (TPSA) is 192 Å². The van der Waals surface area contributed by atoms with Gasteiger partial charge in [0, 0.05) is 0 Å². The molecule has 0 aliphatic carbocycles. The second-order valence-electron chi connectivity index (χ2n) is 0.408. The van der Waals surface area contributed by atoms with Gasteiger partial charge >= 0.3 is 0 Å². The molecule has 0 unspecified atom stereocenters. The van der Waals surface area contributed by atoms with E-state index in [4.69, 9.17) is 0 Å². The van der Waals surface area contributed by atoms with Crippen LogP contribution in [0.5, 0.6) is 0 Å². The minimum absolute atomic E-state index is 0. The van der Waals surface area contributed by atoms with E-state index >= 15 is 0 Å². The molecule has 0 bridgehead atoms. The van der Waals surface area contributed by atoms with Crippen molar-refractivity contribution in [1.29, 1.82) is 0 Å². The molecule has 0 radical (unpaired) electrons. The SMILES string of the molecule is C=C.C=CC.N.N.N.N.NN. The number of hydrogen-bond acceptors (Lipinski definition) is 6. The van der Waals surface area contributed by atoms with Gasteiger partial charge in [0.15, 0.2) is 0 Å². The summed E-state index contributed by atoms with van der Waals surface area (Å²) in [7, 11) is 0. The lowest BCUT2D eigenvalue weighted by atomic mass is 10.8. The van der Waals surface area contributed by atoms with Crippen molar-refractivity contribution in [3.05, 3.63) is 25.8 Å². The number of rotatable bonds is 0. The Morgan fingerprint density at radius 2 is 0.909 bits per heavy atom. The van der Waals surface area contributed by atoms with Gasteiger partial charge in [-0.3, -0.25) is 11.7 Å². The fraction of sp³-hybridized carbons (Fsp3) is 0.200. The third-order valence-electron chi connectivity index (χ3n) is 0. The van der Waals surface area contributed by atoms with Crippen molar-refractivity contribution in [2.75, 3.05) is 0 Å². The number of hydrogen-bond donors (Lipinski definition) is 6. The Kier molecular flexibility index (Phi) is 82500. The van der Waals surface area contributed by atoms with Gasteiger partial charge in [0.05, 0.1) is 0 Å². The Bertz CT molecular complexity index is 24.9. The van der Waals surface area contributed by atoms with Crippen LogP contribution >= 0.6 is 0 Å². The lowest BCUT2D eigenvalue weighted by Gasteiger charge is -1.31. The Balaban J connectivity index is -0.00000000378. The van der Waals surface area contributed by atoms with Crippen LogP contribution in [-0.2, 0) is 0 Å². The van der Waals surface area contributed by atoms with Crippen LogP contribution in [0.1, 0.15) is 6.92 Å². The summed E-state index contributed by atoms with van der Waals surface area (Å²) in [6, 6.07) is 0. The molecule has 0 aromatic rings. The van der Waals surface area contributed by atoms with E-state index in [9.17, 15) is 0 Å². The van der Waals surface area contributed by atoms with Crippen molar-refractivity contribution in [2.24, 2.45) is 11.7 Å². The zero-order valence-electron chi connectivity index (χ0n) is 7.68. The fourth-order valence-electron chi connectivity index (χ4n) is 0. The molecule has 16 N–H and O–H groups in total. The highest BCUT2D eigenvalue weighted by atomic mass is 15.0. The van der Waals surface area contributed by atoms with E-state index in [-0.39, 0.29) is 24.6 Å². The van der Waals surface area contributed by atoms with Crippen LogP contribution < -0.4 is 36.3 Å². The zero-order valence-corrected chi connectivity index (χ0v) is 7.68. The van der Waals surface area contributed by atoms with Crippen LogP contribution in [0.4, 0.5) is 0 Å². The molecule has 6 nitrogen and oxygen atoms in total. The largest absolute Gasteiger partial charge is 0.344 e. The Morgan fingerprint density at radius 1 is 0.909 bits per heavy atom. The molecular weight excluding hydrogens is 144 g/mol. The van der Waals surface area contributed by atoms with Crippen molar-refractivity contribution in [3.8, 4) is 0 Å². The first kappa shape index (κ1) is 83.3. The molecule has 76 valence electrons. The summed E-state index contributed by atoms with van der Waals surface area (Å²) in [6.07, 6.45) is 1.75. The normalized spacial score (nSPS) is 2.09. The van der Waals surface area contributed by atoms with E-state index in [0.29, 0.717) is 0 Å². The quantitative estimate of drug-likeness (QED) is 0.181. The van der Waals surface area contributed by atoms with Crippen molar-refractivity contribution >= 4 is 0 Å². The highest BCUT2D eigenvalue weighted by Crippen LogP contribution is 1.38. The van der Waals surface area contributed by atoms with Crippen molar-refractivity contribution < 1.29 is 0 Å². The molecule has 0 aromatic heterocycles. The van der Waals surface area contributed by atoms with Gasteiger partial charge in [-0.2, -0.15) is 0 Å². The molecule has 0 amide bonds. The van der Waals surface area contributed by atoms with E-state index in [2.05, 4.69) is 31.4 Å². The second kappa shape index (κ2) is 10900. The van der Waals surface area contributed by atoms with Gasteiger partial charge in [-0.05, 0) is 6.92 Å². The van der Waals surface area contributed by atoms with Gasteiger partial charge < -0.3 is 24.6 Å². The van der Waals surface area contributed by atoms with Crippen LogP contribution in [0.25, 0.3) is 0 Å². The summed E-state index contributed by atoms with van der Waals surface area (Å²) in [5, 5.41) is 0.